The van der Waals surface area contributed by atoms with Crippen molar-refractivity contribution in [1.82, 2.24) is 0 Å². The van der Waals surface area contributed by atoms with Gasteiger partial charge in [-0.1, -0.05) is 61.4 Å². The Morgan fingerprint density at radius 3 is 2.45 bits per heavy atom. The molecule has 0 aromatic heterocycles. The molecule has 0 radical (unpaired) electrons. The highest BCUT2D eigenvalue weighted by Gasteiger charge is 2.13. The van der Waals surface area contributed by atoms with Gasteiger partial charge in [-0.25, -0.2) is 0 Å². The van der Waals surface area contributed by atoms with Gasteiger partial charge in [0.25, 0.3) is 0 Å². The van der Waals surface area contributed by atoms with Crippen LogP contribution in [-0.2, 0) is 5.75 Å². The van der Waals surface area contributed by atoms with Gasteiger partial charge in [0, 0.05) is 5.75 Å². The fourth-order valence-electron chi connectivity index (χ4n) is 2.30. The van der Waals surface area contributed by atoms with E-state index in [1.807, 2.05) is 18.2 Å². The maximum atomic E-state index is 5.50. The molecule has 1 aliphatic carbocycles. The van der Waals surface area contributed by atoms with E-state index in [4.69, 9.17) is 16.5 Å². The van der Waals surface area contributed by atoms with Crippen LogP contribution < -0.4 is 11.5 Å². The lowest BCUT2D eigenvalue weighted by molar-refractivity contribution is 0.444. The summed E-state index contributed by atoms with van der Waals surface area (Å²) in [6, 6.07) is 10.7. The SMILES string of the molecule is NC(N)=NC(=NC1CCCCC1)SCc1ccccc1. The summed E-state index contributed by atoms with van der Waals surface area (Å²) in [6.45, 7) is 0. The number of thioether (sulfide) groups is 1. The minimum Gasteiger partial charge on any atom is -0.370 e. The van der Waals surface area contributed by atoms with Gasteiger partial charge in [-0.2, -0.15) is 4.99 Å². The van der Waals surface area contributed by atoms with Crippen LogP contribution in [0.1, 0.15) is 37.7 Å². The summed E-state index contributed by atoms with van der Waals surface area (Å²) in [5.74, 6) is 0.920. The van der Waals surface area contributed by atoms with E-state index in [1.165, 1.54) is 24.8 Å². The van der Waals surface area contributed by atoms with Gasteiger partial charge in [-0.15, -0.1) is 0 Å². The van der Waals surface area contributed by atoms with Crippen molar-refractivity contribution in [3.8, 4) is 0 Å². The van der Waals surface area contributed by atoms with E-state index in [1.54, 1.807) is 11.8 Å². The Kier molecular flexibility index (Phi) is 5.92. The van der Waals surface area contributed by atoms with Gasteiger partial charge in [-0.3, -0.25) is 4.99 Å². The van der Waals surface area contributed by atoms with E-state index in [0.717, 1.165) is 18.6 Å². The number of nitrogens with two attached hydrogens (primary N) is 2. The van der Waals surface area contributed by atoms with Crippen LogP contribution >= 0.6 is 11.8 Å². The van der Waals surface area contributed by atoms with E-state index in [0.29, 0.717) is 11.2 Å². The fourth-order valence-corrected chi connectivity index (χ4v) is 3.18. The van der Waals surface area contributed by atoms with Gasteiger partial charge in [0.05, 0.1) is 6.04 Å². The minimum atomic E-state index is 0.0834. The van der Waals surface area contributed by atoms with Crippen LogP contribution in [0.5, 0.6) is 0 Å². The quantitative estimate of drug-likeness (QED) is 0.664. The molecule has 0 unspecified atom stereocenters. The molecule has 0 atom stereocenters. The van der Waals surface area contributed by atoms with Crippen LogP contribution in [0.4, 0.5) is 0 Å². The third-order valence-electron chi connectivity index (χ3n) is 3.30. The van der Waals surface area contributed by atoms with E-state index < -0.39 is 0 Å². The third-order valence-corrected chi connectivity index (χ3v) is 4.24. The first kappa shape index (κ1) is 14.9. The number of amidine groups is 1. The van der Waals surface area contributed by atoms with E-state index in [-0.39, 0.29) is 5.96 Å². The summed E-state index contributed by atoms with van der Waals surface area (Å²) >= 11 is 1.60. The Balaban J connectivity index is 1.99. The molecule has 1 fully saturated rings. The first-order valence-corrected chi connectivity index (χ1v) is 8.07. The van der Waals surface area contributed by atoms with Crippen molar-refractivity contribution in [2.75, 3.05) is 0 Å². The Labute approximate surface area is 124 Å². The number of hydrogen-bond donors (Lipinski definition) is 2. The summed E-state index contributed by atoms with van der Waals surface area (Å²) in [4.78, 5) is 8.89. The number of benzene rings is 1. The minimum absolute atomic E-state index is 0.0834. The van der Waals surface area contributed by atoms with Crippen molar-refractivity contribution >= 4 is 22.9 Å². The summed E-state index contributed by atoms with van der Waals surface area (Å²) < 4.78 is 0. The van der Waals surface area contributed by atoms with Crippen molar-refractivity contribution in [1.29, 1.82) is 0 Å². The Morgan fingerprint density at radius 1 is 1.10 bits per heavy atom. The number of rotatable bonds is 3. The first-order valence-electron chi connectivity index (χ1n) is 7.08. The second kappa shape index (κ2) is 7.94. The number of hydrogen-bond acceptors (Lipinski definition) is 2. The molecular weight excluding hydrogens is 268 g/mol. The van der Waals surface area contributed by atoms with Gasteiger partial charge in [0.2, 0.25) is 0 Å². The number of nitrogens with zero attached hydrogens (tertiary/aromatic N) is 2. The van der Waals surface area contributed by atoms with Gasteiger partial charge in [-0.05, 0) is 18.4 Å². The van der Waals surface area contributed by atoms with Crippen LogP contribution in [0.3, 0.4) is 0 Å². The van der Waals surface area contributed by atoms with Gasteiger partial charge >= 0.3 is 0 Å². The topological polar surface area (TPSA) is 76.8 Å². The second-order valence-corrected chi connectivity index (χ2v) is 5.96. The molecule has 1 aromatic rings. The first-order chi connectivity index (χ1) is 9.74. The molecule has 20 heavy (non-hydrogen) atoms. The fraction of sp³-hybridized carbons (Fsp3) is 0.467. The molecule has 0 saturated heterocycles. The van der Waals surface area contributed by atoms with Gasteiger partial charge < -0.3 is 11.5 Å². The summed E-state index contributed by atoms with van der Waals surface area (Å²) in [5.41, 5.74) is 12.3. The van der Waals surface area contributed by atoms with Crippen molar-refractivity contribution in [2.24, 2.45) is 21.5 Å². The van der Waals surface area contributed by atoms with Gasteiger partial charge in [0.15, 0.2) is 11.1 Å². The molecule has 1 aromatic carbocycles. The molecule has 1 aliphatic rings. The zero-order chi connectivity index (χ0) is 14.2. The predicted octanol–water partition coefficient (Wildman–Crippen LogP) is 2.88. The molecule has 108 valence electrons. The Hall–Kier alpha value is -1.49. The van der Waals surface area contributed by atoms with Gasteiger partial charge in [0.1, 0.15) is 0 Å². The highest BCUT2D eigenvalue weighted by molar-refractivity contribution is 8.13. The summed E-state index contributed by atoms with van der Waals surface area (Å²) in [5, 5.41) is 0.709. The highest BCUT2D eigenvalue weighted by atomic mass is 32.2. The van der Waals surface area contributed by atoms with Crippen LogP contribution in [-0.4, -0.2) is 17.2 Å². The highest BCUT2D eigenvalue weighted by Crippen LogP contribution is 2.23. The average molecular weight is 290 g/mol. The van der Waals surface area contributed by atoms with Crippen LogP contribution in [0, 0.1) is 0 Å². The molecule has 0 aliphatic heterocycles. The van der Waals surface area contributed by atoms with Crippen LogP contribution in [0.15, 0.2) is 40.3 Å². The Bertz CT molecular complexity index is 460. The van der Waals surface area contributed by atoms with E-state index in [2.05, 4.69) is 17.1 Å². The van der Waals surface area contributed by atoms with Crippen molar-refractivity contribution in [2.45, 2.75) is 43.9 Å². The lowest BCUT2D eigenvalue weighted by Gasteiger charge is -2.18. The van der Waals surface area contributed by atoms with E-state index in [9.17, 15) is 0 Å². The second-order valence-electron chi connectivity index (χ2n) is 5.01. The average Bonchev–Trinajstić information content (AvgIpc) is 2.46. The molecule has 2 rings (SSSR count). The molecule has 0 bridgehead atoms. The predicted molar refractivity (Wildman–Crippen MR) is 87.9 cm³/mol. The number of aliphatic imine (C=N–C) groups is 2. The normalized spacial score (nSPS) is 16.9. The maximum absolute atomic E-state index is 5.50. The molecule has 1 saturated carbocycles. The molecule has 4 N–H and O–H groups in total. The smallest absolute Gasteiger partial charge is 0.193 e. The zero-order valence-corrected chi connectivity index (χ0v) is 12.5. The van der Waals surface area contributed by atoms with E-state index >= 15 is 0 Å². The van der Waals surface area contributed by atoms with Crippen LogP contribution in [0.2, 0.25) is 0 Å². The lowest BCUT2D eigenvalue weighted by atomic mass is 9.96. The third kappa shape index (κ3) is 5.25. The number of guanidine groups is 1. The molecular formula is C15H22N4S. The standard InChI is InChI=1S/C15H22N4S/c16-14(17)19-15(18-13-9-5-2-6-10-13)20-11-12-7-3-1-4-8-12/h1,3-4,7-8,13H,2,5-6,9-11H2,(H4,16,17,18,19). The maximum Gasteiger partial charge on any atom is 0.193 e. The summed E-state index contributed by atoms with van der Waals surface area (Å²) in [7, 11) is 0. The molecule has 0 spiro atoms. The molecule has 0 heterocycles. The monoisotopic (exact) mass is 290 g/mol. The molecule has 5 heteroatoms. The largest absolute Gasteiger partial charge is 0.370 e. The van der Waals surface area contributed by atoms with Crippen LogP contribution in [0.25, 0.3) is 0 Å². The van der Waals surface area contributed by atoms with Crippen molar-refractivity contribution in [3.05, 3.63) is 35.9 Å². The van der Waals surface area contributed by atoms with Crippen molar-refractivity contribution in [3.63, 3.8) is 0 Å². The molecule has 4 nitrogen and oxygen atoms in total. The van der Waals surface area contributed by atoms with Crippen molar-refractivity contribution < 1.29 is 0 Å². The molecule has 0 amide bonds. The Morgan fingerprint density at radius 2 is 1.80 bits per heavy atom. The zero-order valence-electron chi connectivity index (χ0n) is 11.7. The lowest BCUT2D eigenvalue weighted by Crippen LogP contribution is -2.24. The summed E-state index contributed by atoms with van der Waals surface area (Å²) in [6.07, 6.45) is 6.13.